The molecule has 33 heavy (non-hydrogen) atoms. The number of imidazole rings is 1. The molecule has 4 aromatic rings. The summed E-state index contributed by atoms with van der Waals surface area (Å²) in [4.78, 5) is 9.53. The summed E-state index contributed by atoms with van der Waals surface area (Å²) in [6.45, 7) is 3.10. The molecule has 0 N–H and O–H groups in total. The second-order valence-corrected chi connectivity index (χ2v) is 8.38. The lowest BCUT2D eigenvalue weighted by atomic mass is 10.1. The highest BCUT2D eigenvalue weighted by Gasteiger charge is 2.11. The zero-order valence-corrected chi connectivity index (χ0v) is 19.2. The second kappa shape index (κ2) is 9.91. The van der Waals surface area contributed by atoms with Gasteiger partial charge in [0.15, 0.2) is 0 Å². The van der Waals surface area contributed by atoms with Crippen molar-refractivity contribution in [3.8, 4) is 22.7 Å². The van der Waals surface area contributed by atoms with Crippen LogP contribution < -0.4 is 9.54 Å². The standard InChI is InChI=1S/C24H23F2N5OS/c1-16(2)28-24-31(22(14-33-24)19-6-10-21(11-7-19)32-23(25)26)29-17(3)18-4-8-20(9-5-18)30-13-12-27-15-30/h4-16,23H,1-3H3/b28-24?,29-17+. The van der Waals surface area contributed by atoms with Crippen molar-refractivity contribution in [2.75, 3.05) is 0 Å². The molecule has 0 aliphatic rings. The summed E-state index contributed by atoms with van der Waals surface area (Å²) in [6.07, 6.45) is 5.38. The largest absolute Gasteiger partial charge is 0.435 e. The van der Waals surface area contributed by atoms with Gasteiger partial charge in [-0.1, -0.05) is 12.1 Å². The molecule has 9 heteroatoms. The highest BCUT2D eigenvalue weighted by atomic mass is 32.1. The molecule has 0 bridgehead atoms. The number of rotatable bonds is 7. The van der Waals surface area contributed by atoms with Gasteiger partial charge in [-0.25, -0.2) is 9.66 Å². The Morgan fingerprint density at radius 2 is 1.79 bits per heavy atom. The second-order valence-electron chi connectivity index (χ2n) is 7.54. The highest BCUT2D eigenvalue weighted by molar-refractivity contribution is 7.07. The minimum absolute atomic E-state index is 0.0922. The third-order valence-corrected chi connectivity index (χ3v) is 5.60. The Labute approximate surface area is 194 Å². The Balaban J connectivity index is 1.71. The van der Waals surface area contributed by atoms with Crippen molar-refractivity contribution < 1.29 is 13.5 Å². The molecule has 6 nitrogen and oxygen atoms in total. The van der Waals surface area contributed by atoms with Gasteiger partial charge in [-0.2, -0.15) is 13.9 Å². The van der Waals surface area contributed by atoms with E-state index in [0.717, 1.165) is 33.0 Å². The number of halogens is 2. The quantitative estimate of drug-likeness (QED) is 0.333. The molecule has 0 fully saturated rings. The normalized spacial score (nSPS) is 12.7. The lowest BCUT2D eigenvalue weighted by Crippen LogP contribution is -2.16. The summed E-state index contributed by atoms with van der Waals surface area (Å²) in [6, 6.07) is 14.7. The van der Waals surface area contributed by atoms with Gasteiger partial charge in [-0.05, 0) is 62.7 Å². The smallest absolute Gasteiger partial charge is 0.387 e. The number of benzene rings is 2. The van der Waals surface area contributed by atoms with Gasteiger partial charge in [-0.15, -0.1) is 11.3 Å². The van der Waals surface area contributed by atoms with Crippen molar-refractivity contribution in [3.05, 3.63) is 83.0 Å². The number of hydrogen-bond donors (Lipinski definition) is 0. The van der Waals surface area contributed by atoms with Crippen molar-refractivity contribution in [1.82, 2.24) is 14.2 Å². The van der Waals surface area contributed by atoms with Gasteiger partial charge in [0.25, 0.3) is 0 Å². The summed E-state index contributed by atoms with van der Waals surface area (Å²) >= 11 is 1.48. The molecule has 0 unspecified atom stereocenters. The summed E-state index contributed by atoms with van der Waals surface area (Å²) in [5, 5.41) is 6.82. The van der Waals surface area contributed by atoms with Crippen LogP contribution in [0, 0.1) is 0 Å². The van der Waals surface area contributed by atoms with Crippen LogP contribution in [0.4, 0.5) is 8.78 Å². The minimum Gasteiger partial charge on any atom is -0.435 e. The predicted octanol–water partition coefficient (Wildman–Crippen LogP) is 5.59. The van der Waals surface area contributed by atoms with Crippen LogP contribution >= 0.6 is 11.3 Å². The molecule has 0 aliphatic carbocycles. The zero-order chi connectivity index (χ0) is 23.4. The fourth-order valence-electron chi connectivity index (χ4n) is 3.21. The molecule has 0 amide bonds. The van der Waals surface area contributed by atoms with Crippen molar-refractivity contribution >= 4 is 17.0 Å². The summed E-state index contributed by atoms with van der Waals surface area (Å²) in [5.74, 6) is 0.111. The Bertz CT molecular complexity index is 1290. The SMILES string of the molecule is C/C(=N\n1c(-c2ccc(OC(F)F)cc2)csc1=NC(C)C)c1ccc(-n2ccnc2)cc1. The van der Waals surface area contributed by atoms with Gasteiger partial charge in [0.1, 0.15) is 5.75 Å². The highest BCUT2D eigenvalue weighted by Crippen LogP contribution is 2.24. The molecule has 0 radical (unpaired) electrons. The molecular weight excluding hydrogens is 444 g/mol. The molecule has 0 saturated heterocycles. The number of alkyl halides is 2. The molecule has 0 atom stereocenters. The van der Waals surface area contributed by atoms with Crippen LogP contribution in [0.5, 0.6) is 5.75 Å². The maximum absolute atomic E-state index is 12.5. The van der Waals surface area contributed by atoms with Gasteiger partial charge >= 0.3 is 6.61 Å². The molecule has 170 valence electrons. The van der Waals surface area contributed by atoms with E-state index < -0.39 is 6.61 Å². The van der Waals surface area contributed by atoms with E-state index in [0.29, 0.717) is 0 Å². The molecule has 4 rings (SSSR count). The monoisotopic (exact) mass is 467 g/mol. The van der Waals surface area contributed by atoms with E-state index in [1.807, 2.05) is 61.2 Å². The maximum Gasteiger partial charge on any atom is 0.387 e. The average molecular weight is 468 g/mol. The van der Waals surface area contributed by atoms with Crippen molar-refractivity contribution in [1.29, 1.82) is 0 Å². The van der Waals surface area contributed by atoms with Gasteiger partial charge in [-0.3, -0.25) is 4.99 Å². The van der Waals surface area contributed by atoms with Gasteiger partial charge < -0.3 is 9.30 Å². The van der Waals surface area contributed by atoms with E-state index in [1.165, 1.54) is 23.5 Å². The fourth-order valence-corrected chi connectivity index (χ4v) is 4.17. The molecule has 0 aliphatic heterocycles. The first-order chi connectivity index (χ1) is 15.9. The van der Waals surface area contributed by atoms with Crippen LogP contribution in [0.25, 0.3) is 16.9 Å². The number of nitrogens with zero attached hydrogens (tertiary/aromatic N) is 5. The first-order valence-corrected chi connectivity index (χ1v) is 11.2. The lowest BCUT2D eigenvalue weighted by molar-refractivity contribution is -0.0498. The van der Waals surface area contributed by atoms with Crippen LogP contribution in [-0.2, 0) is 0 Å². The van der Waals surface area contributed by atoms with Gasteiger partial charge in [0, 0.05) is 35.1 Å². The van der Waals surface area contributed by atoms with Crippen LogP contribution in [0.3, 0.4) is 0 Å². The Kier molecular flexibility index (Phi) is 6.79. The fraction of sp³-hybridized carbons (Fsp3) is 0.208. The number of thiazole rings is 1. The predicted molar refractivity (Wildman–Crippen MR) is 126 cm³/mol. The average Bonchev–Trinajstić information content (AvgIpc) is 3.45. The molecule has 0 saturated carbocycles. The van der Waals surface area contributed by atoms with Crippen LogP contribution in [0.2, 0.25) is 0 Å². The van der Waals surface area contributed by atoms with E-state index in [2.05, 4.69) is 9.72 Å². The van der Waals surface area contributed by atoms with E-state index in [9.17, 15) is 8.78 Å². The van der Waals surface area contributed by atoms with Crippen molar-refractivity contribution in [2.45, 2.75) is 33.4 Å². The van der Waals surface area contributed by atoms with E-state index in [4.69, 9.17) is 10.1 Å². The lowest BCUT2D eigenvalue weighted by Gasteiger charge is -2.09. The maximum atomic E-state index is 12.5. The van der Waals surface area contributed by atoms with Crippen LogP contribution in [0.1, 0.15) is 26.3 Å². The summed E-state index contributed by atoms with van der Waals surface area (Å²) in [5.41, 5.74) is 4.44. The first-order valence-electron chi connectivity index (χ1n) is 10.3. The summed E-state index contributed by atoms with van der Waals surface area (Å²) in [7, 11) is 0. The van der Waals surface area contributed by atoms with Gasteiger partial charge in [0.2, 0.25) is 4.80 Å². The van der Waals surface area contributed by atoms with Crippen LogP contribution in [-0.4, -0.2) is 32.6 Å². The third kappa shape index (κ3) is 5.43. The Morgan fingerprint density at radius 1 is 1.06 bits per heavy atom. The molecule has 0 spiro atoms. The third-order valence-electron chi connectivity index (χ3n) is 4.77. The van der Waals surface area contributed by atoms with Crippen molar-refractivity contribution in [2.24, 2.45) is 10.1 Å². The molecule has 2 aromatic carbocycles. The molecular formula is C24H23F2N5OS. The molecule has 2 heterocycles. The Hall–Kier alpha value is -3.59. The minimum atomic E-state index is -2.86. The number of ether oxygens (including phenoxy) is 1. The number of hydrogen-bond acceptors (Lipinski definition) is 5. The van der Waals surface area contributed by atoms with E-state index >= 15 is 0 Å². The number of aromatic nitrogens is 3. The van der Waals surface area contributed by atoms with Crippen LogP contribution in [0.15, 0.2) is 82.7 Å². The first kappa shape index (κ1) is 22.6. The zero-order valence-electron chi connectivity index (χ0n) is 18.4. The van der Waals surface area contributed by atoms with Crippen molar-refractivity contribution in [3.63, 3.8) is 0 Å². The van der Waals surface area contributed by atoms with E-state index in [1.54, 1.807) is 29.3 Å². The Morgan fingerprint density at radius 3 is 2.39 bits per heavy atom. The summed E-state index contributed by atoms with van der Waals surface area (Å²) < 4.78 is 33.2. The molecule has 2 aromatic heterocycles. The van der Waals surface area contributed by atoms with Gasteiger partial charge in [0.05, 0.1) is 17.7 Å². The topological polar surface area (TPSA) is 56.7 Å². The van der Waals surface area contributed by atoms with E-state index in [-0.39, 0.29) is 11.8 Å².